The van der Waals surface area contributed by atoms with E-state index in [1.165, 1.54) is 24.2 Å². The largest absolute Gasteiger partial charge is 0.335 e. The third kappa shape index (κ3) is 3.27. The first-order valence-corrected chi connectivity index (χ1v) is 6.90. The number of aliphatic imine (C=N–C) groups is 1. The Hall–Kier alpha value is -0.960. The number of hydrogen-bond acceptors (Lipinski definition) is 3. The molecule has 1 aromatic carbocycles. The van der Waals surface area contributed by atoms with E-state index in [1.54, 1.807) is 0 Å². The summed E-state index contributed by atoms with van der Waals surface area (Å²) in [6.45, 7) is 3.17. The van der Waals surface area contributed by atoms with E-state index >= 15 is 0 Å². The first-order valence-electron chi connectivity index (χ1n) is 5.91. The van der Waals surface area contributed by atoms with Crippen molar-refractivity contribution in [2.45, 2.75) is 26.2 Å². The summed E-state index contributed by atoms with van der Waals surface area (Å²) in [5.41, 5.74) is 2.55. The summed E-state index contributed by atoms with van der Waals surface area (Å²) in [6, 6.07) is 8.67. The summed E-state index contributed by atoms with van der Waals surface area (Å²) < 4.78 is 0. The van der Waals surface area contributed by atoms with Gasteiger partial charge in [-0.3, -0.25) is 4.99 Å². The van der Waals surface area contributed by atoms with Gasteiger partial charge < -0.3 is 5.32 Å². The first-order chi connectivity index (χ1) is 7.88. The summed E-state index contributed by atoms with van der Waals surface area (Å²) >= 11 is 1.81. The van der Waals surface area contributed by atoms with Gasteiger partial charge >= 0.3 is 0 Å². The lowest BCUT2D eigenvalue weighted by molar-refractivity contribution is 0.922. The Bertz CT molecular complexity index is 357. The van der Waals surface area contributed by atoms with Gasteiger partial charge in [-0.15, -0.1) is 0 Å². The molecule has 1 heterocycles. The zero-order valence-electron chi connectivity index (χ0n) is 9.70. The van der Waals surface area contributed by atoms with Gasteiger partial charge in [0.1, 0.15) is 0 Å². The number of anilines is 1. The predicted molar refractivity (Wildman–Crippen MR) is 73.4 cm³/mol. The van der Waals surface area contributed by atoms with Crippen LogP contribution in [0.5, 0.6) is 0 Å². The van der Waals surface area contributed by atoms with Gasteiger partial charge in [0.15, 0.2) is 5.17 Å². The molecule has 0 spiro atoms. The molecule has 0 saturated heterocycles. The topological polar surface area (TPSA) is 24.4 Å². The third-order valence-electron chi connectivity index (χ3n) is 2.54. The van der Waals surface area contributed by atoms with E-state index in [1.807, 2.05) is 11.8 Å². The summed E-state index contributed by atoms with van der Waals surface area (Å²) in [7, 11) is 0. The molecule has 0 radical (unpaired) electrons. The van der Waals surface area contributed by atoms with Gasteiger partial charge in [-0.05, 0) is 30.5 Å². The second-order valence-electron chi connectivity index (χ2n) is 3.96. The molecule has 16 heavy (non-hydrogen) atoms. The molecule has 0 bridgehead atoms. The van der Waals surface area contributed by atoms with Crippen LogP contribution in [0.2, 0.25) is 0 Å². The maximum absolute atomic E-state index is 4.45. The number of rotatable bonds is 3. The molecular weight excluding hydrogens is 216 g/mol. The highest BCUT2D eigenvalue weighted by atomic mass is 32.2. The number of aryl methyl sites for hydroxylation is 1. The van der Waals surface area contributed by atoms with E-state index in [2.05, 4.69) is 41.5 Å². The van der Waals surface area contributed by atoms with E-state index in [9.17, 15) is 0 Å². The second-order valence-corrected chi connectivity index (χ2v) is 5.04. The summed E-state index contributed by atoms with van der Waals surface area (Å²) in [6.07, 6.45) is 3.57. The monoisotopic (exact) mass is 234 g/mol. The van der Waals surface area contributed by atoms with Crippen LogP contribution in [0.3, 0.4) is 0 Å². The van der Waals surface area contributed by atoms with Crippen molar-refractivity contribution < 1.29 is 0 Å². The van der Waals surface area contributed by atoms with Crippen molar-refractivity contribution in [1.82, 2.24) is 0 Å². The van der Waals surface area contributed by atoms with Crippen LogP contribution in [0.25, 0.3) is 0 Å². The van der Waals surface area contributed by atoms with Crippen LogP contribution in [0.15, 0.2) is 29.3 Å². The lowest BCUT2D eigenvalue weighted by Gasteiger charge is -2.13. The average Bonchev–Trinajstić information content (AvgIpc) is 2.33. The molecule has 1 aromatic rings. The Balaban J connectivity index is 1.96. The van der Waals surface area contributed by atoms with Gasteiger partial charge in [0.25, 0.3) is 0 Å². The van der Waals surface area contributed by atoms with Crippen molar-refractivity contribution in [3.05, 3.63) is 29.8 Å². The van der Waals surface area contributed by atoms with Gasteiger partial charge in [-0.2, -0.15) is 0 Å². The quantitative estimate of drug-likeness (QED) is 0.865. The molecule has 3 heteroatoms. The molecule has 0 saturated carbocycles. The van der Waals surface area contributed by atoms with E-state index in [0.717, 1.165) is 23.8 Å². The minimum atomic E-state index is 0.962. The Morgan fingerprint density at radius 3 is 2.75 bits per heavy atom. The molecule has 0 fully saturated rings. The molecule has 0 atom stereocenters. The van der Waals surface area contributed by atoms with Crippen LogP contribution in [-0.4, -0.2) is 17.5 Å². The van der Waals surface area contributed by atoms with Crippen molar-refractivity contribution in [3.63, 3.8) is 0 Å². The van der Waals surface area contributed by atoms with Crippen molar-refractivity contribution in [2.75, 3.05) is 17.6 Å². The average molecular weight is 234 g/mol. The van der Waals surface area contributed by atoms with Crippen LogP contribution in [-0.2, 0) is 6.42 Å². The number of amidine groups is 1. The number of benzene rings is 1. The van der Waals surface area contributed by atoms with Gasteiger partial charge in [0, 0.05) is 18.0 Å². The fourth-order valence-electron chi connectivity index (χ4n) is 1.70. The van der Waals surface area contributed by atoms with Gasteiger partial charge in [-0.25, -0.2) is 0 Å². The van der Waals surface area contributed by atoms with Crippen molar-refractivity contribution in [1.29, 1.82) is 0 Å². The highest BCUT2D eigenvalue weighted by Gasteiger charge is 2.05. The van der Waals surface area contributed by atoms with Crippen LogP contribution in [0.1, 0.15) is 25.3 Å². The molecule has 0 aliphatic carbocycles. The molecule has 1 aliphatic rings. The molecule has 86 valence electrons. The third-order valence-corrected chi connectivity index (χ3v) is 3.54. The highest BCUT2D eigenvalue weighted by Crippen LogP contribution is 2.17. The molecule has 2 nitrogen and oxygen atoms in total. The molecule has 2 rings (SSSR count). The maximum atomic E-state index is 4.45. The fraction of sp³-hybridized carbons (Fsp3) is 0.462. The Kier molecular flexibility index (Phi) is 4.28. The van der Waals surface area contributed by atoms with E-state index < -0.39 is 0 Å². The van der Waals surface area contributed by atoms with Crippen LogP contribution < -0.4 is 5.32 Å². The number of nitrogens with one attached hydrogen (secondary N) is 1. The SMILES string of the molecule is CCCc1ccc(NC2=NCCCS2)cc1. The maximum Gasteiger partial charge on any atom is 0.161 e. The van der Waals surface area contributed by atoms with Gasteiger partial charge in [0.05, 0.1) is 0 Å². The molecular formula is C13H18N2S. The molecule has 1 N–H and O–H groups in total. The van der Waals surface area contributed by atoms with Crippen LogP contribution in [0.4, 0.5) is 5.69 Å². The minimum absolute atomic E-state index is 0.962. The molecule has 0 aromatic heterocycles. The smallest absolute Gasteiger partial charge is 0.161 e. The van der Waals surface area contributed by atoms with E-state index in [-0.39, 0.29) is 0 Å². The van der Waals surface area contributed by atoms with Crippen LogP contribution in [0, 0.1) is 0 Å². The zero-order chi connectivity index (χ0) is 11.2. The first kappa shape index (κ1) is 11.5. The van der Waals surface area contributed by atoms with Gasteiger partial charge in [0.2, 0.25) is 0 Å². The summed E-state index contributed by atoms with van der Waals surface area (Å²) in [5, 5.41) is 4.43. The van der Waals surface area contributed by atoms with Crippen molar-refractivity contribution in [3.8, 4) is 0 Å². The Morgan fingerprint density at radius 1 is 1.31 bits per heavy atom. The number of thioether (sulfide) groups is 1. The molecule has 0 amide bonds. The second kappa shape index (κ2) is 5.94. The standard InChI is InChI=1S/C13H18N2S/c1-2-4-11-5-7-12(8-6-11)15-13-14-9-3-10-16-13/h5-8H,2-4,9-10H2,1H3,(H,14,15). The fourth-order valence-corrected chi connectivity index (χ4v) is 2.54. The van der Waals surface area contributed by atoms with E-state index in [4.69, 9.17) is 0 Å². The van der Waals surface area contributed by atoms with Crippen molar-refractivity contribution in [2.24, 2.45) is 4.99 Å². The zero-order valence-corrected chi connectivity index (χ0v) is 10.5. The highest BCUT2D eigenvalue weighted by molar-refractivity contribution is 8.14. The molecule has 1 aliphatic heterocycles. The number of nitrogens with zero attached hydrogens (tertiary/aromatic N) is 1. The Labute approximate surface area is 102 Å². The lowest BCUT2D eigenvalue weighted by atomic mass is 10.1. The van der Waals surface area contributed by atoms with E-state index in [0.29, 0.717) is 0 Å². The minimum Gasteiger partial charge on any atom is -0.335 e. The summed E-state index contributed by atoms with van der Waals surface area (Å²) in [5.74, 6) is 1.18. The Morgan fingerprint density at radius 2 is 2.12 bits per heavy atom. The summed E-state index contributed by atoms with van der Waals surface area (Å²) in [4.78, 5) is 4.45. The van der Waals surface area contributed by atoms with Crippen LogP contribution >= 0.6 is 11.8 Å². The normalized spacial score (nSPS) is 15.7. The predicted octanol–water partition coefficient (Wildman–Crippen LogP) is 3.54. The van der Waals surface area contributed by atoms with Gasteiger partial charge in [-0.1, -0.05) is 37.2 Å². The molecule has 0 unspecified atom stereocenters. The number of hydrogen-bond donors (Lipinski definition) is 1. The lowest BCUT2D eigenvalue weighted by Crippen LogP contribution is -2.13. The van der Waals surface area contributed by atoms with Crippen molar-refractivity contribution >= 4 is 22.6 Å².